The fourth-order valence-corrected chi connectivity index (χ4v) is 1.62. The average molecular weight is 225 g/mol. The Bertz CT molecular complexity index is 395. The monoisotopic (exact) mass is 225 g/mol. The number of hydrogen-bond acceptors (Lipinski definition) is 7. The summed E-state index contributed by atoms with van der Waals surface area (Å²) in [5.41, 5.74) is 5.39. The Morgan fingerprint density at radius 3 is 3.13 bits per heavy atom. The first-order valence-electron chi connectivity index (χ1n) is 4.52. The second-order valence-corrected chi connectivity index (χ2v) is 3.66. The van der Waals surface area contributed by atoms with Gasteiger partial charge in [0.1, 0.15) is 0 Å². The molecule has 0 amide bonds. The van der Waals surface area contributed by atoms with Crippen LogP contribution in [0.3, 0.4) is 0 Å². The van der Waals surface area contributed by atoms with Gasteiger partial charge in [0.25, 0.3) is 0 Å². The average Bonchev–Trinajstić information content (AvgIpc) is 2.84. The van der Waals surface area contributed by atoms with Gasteiger partial charge in [-0.3, -0.25) is 4.68 Å². The molecule has 2 heterocycles. The second-order valence-electron chi connectivity index (χ2n) is 2.90. The van der Waals surface area contributed by atoms with E-state index in [9.17, 15) is 0 Å². The molecule has 2 aromatic rings. The fraction of sp³-hybridized carbons (Fsp3) is 0.429. The topological polar surface area (TPSA) is 94.5 Å². The summed E-state index contributed by atoms with van der Waals surface area (Å²) in [6.45, 7) is 1.65. The van der Waals surface area contributed by atoms with E-state index < -0.39 is 0 Å². The van der Waals surface area contributed by atoms with Gasteiger partial charge in [0.05, 0.1) is 6.20 Å². The van der Waals surface area contributed by atoms with Crippen molar-refractivity contribution in [2.45, 2.75) is 13.0 Å². The molecule has 80 valence electrons. The number of aryl methyl sites for hydroxylation is 1. The maximum absolute atomic E-state index is 5.39. The number of nitrogens with one attached hydrogen (secondary N) is 1. The van der Waals surface area contributed by atoms with Crippen molar-refractivity contribution in [2.75, 3.05) is 17.6 Å². The Balaban J connectivity index is 1.67. The molecule has 0 fully saturated rings. The zero-order chi connectivity index (χ0) is 10.5. The number of nitrogen functional groups attached to an aromatic ring is 1. The molecule has 2 rings (SSSR count). The Labute approximate surface area is 90.5 Å². The molecular weight excluding hydrogens is 214 g/mol. The van der Waals surface area contributed by atoms with Crippen molar-refractivity contribution >= 4 is 22.6 Å². The van der Waals surface area contributed by atoms with Gasteiger partial charge in [-0.05, 0) is 6.42 Å². The van der Waals surface area contributed by atoms with Crippen LogP contribution >= 0.6 is 11.5 Å². The Morgan fingerprint density at radius 2 is 2.47 bits per heavy atom. The van der Waals surface area contributed by atoms with E-state index in [-0.39, 0.29) is 0 Å². The van der Waals surface area contributed by atoms with E-state index >= 15 is 0 Å². The number of nitrogens with two attached hydrogens (primary N) is 1. The number of aromatic nitrogens is 5. The summed E-state index contributed by atoms with van der Waals surface area (Å²) in [5, 5.41) is 11.5. The Hall–Kier alpha value is -1.70. The fourth-order valence-electron chi connectivity index (χ4n) is 1.10. The highest BCUT2D eigenvalue weighted by molar-refractivity contribution is 7.09. The van der Waals surface area contributed by atoms with Crippen LogP contribution in [0.2, 0.25) is 0 Å². The van der Waals surface area contributed by atoms with E-state index in [0.29, 0.717) is 5.95 Å². The van der Waals surface area contributed by atoms with Gasteiger partial charge in [-0.15, -0.1) is 5.10 Å². The van der Waals surface area contributed by atoms with E-state index in [4.69, 9.17) is 5.73 Å². The molecule has 0 aliphatic heterocycles. The lowest BCUT2D eigenvalue weighted by molar-refractivity contribution is 0.570. The van der Waals surface area contributed by atoms with Crippen LogP contribution in [0.5, 0.6) is 0 Å². The molecule has 15 heavy (non-hydrogen) atoms. The first-order chi connectivity index (χ1) is 7.34. The third kappa shape index (κ3) is 2.88. The molecule has 0 bridgehead atoms. The van der Waals surface area contributed by atoms with Crippen LogP contribution in [0.15, 0.2) is 12.4 Å². The van der Waals surface area contributed by atoms with E-state index in [1.54, 1.807) is 10.9 Å². The highest BCUT2D eigenvalue weighted by Crippen LogP contribution is 2.11. The normalized spacial score (nSPS) is 10.4. The number of nitrogens with zero attached hydrogens (tertiary/aromatic N) is 5. The van der Waals surface area contributed by atoms with Crippen molar-refractivity contribution in [1.82, 2.24) is 24.4 Å². The molecule has 0 aromatic carbocycles. The van der Waals surface area contributed by atoms with Crippen LogP contribution in [-0.2, 0) is 6.54 Å². The predicted molar refractivity (Wildman–Crippen MR) is 57.5 cm³/mol. The quantitative estimate of drug-likeness (QED) is 0.706. The van der Waals surface area contributed by atoms with Crippen LogP contribution < -0.4 is 11.1 Å². The number of anilines is 2. The first-order valence-corrected chi connectivity index (χ1v) is 5.29. The van der Waals surface area contributed by atoms with Crippen molar-refractivity contribution in [3.05, 3.63) is 12.4 Å². The third-order valence-corrected chi connectivity index (χ3v) is 2.44. The zero-order valence-electron chi connectivity index (χ0n) is 8.00. The molecule has 0 radical (unpaired) electrons. The summed E-state index contributed by atoms with van der Waals surface area (Å²) >= 11 is 1.27. The maximum Gasteiger partial charge on any atom is 0.233 e. The minimum absolute atomic E-state index is 0.318. The molecular formula is C7H11N7S. The van der Waals surface area contributed by atoms with Crippen molar-refractivity contribution in [2.24, 2.45) is 0 Å². The molecule has 0 atom stereocenters. The van der Waals surface area contributed by atoms with Gasteiger partial charge in [0.2, 0.25) is 11.1 Å². The standard InChI is InChI=1S/C7H11N7S/c8-6-11-7(15-12-6)9-2-1-4-14-5-3-10-13-14/h3,5H,1-2,4H2,(H3,8,9,11,12). The molecule has 0 saturated carbocycles. The van der Waals surface area contributed by atoms with Gasteiger partial charge in [-0.2, -0.15) is 9.36 Å². The molecule has 0 unspecified atom stereocenters. The van der Waals surface area contributed by atoms with Gasteiger partial charge in [0.15, 0.2) is 0 Å². The van der Waals surface area contributed by atoms with Gasteiger partial charge >= 0.3 is 0 Å². The summed E-state index contributed by atoms with van der Waals surface area (Å²) in [4.78, 5) is 3.98. The highest BCUT2D eigenvalue weighted by atomic mass is 32.1. The first kappa shape index (κ1) is 9.84. The largest absolute Gasteiger partial charge is 0.367 e. The van der Waals surface area contributed by atoms with E-state index in [1.807, 2.05) is 6.20 Å². The van der Waals surface area contributed by atoms with Crippen molar-refractivity contribution in [1.29, 1.82) is 0 Å². The van der Waals surface area contributed by atoms with Gasteiger partial charge in [-0.25, -0.2) is 0 Å². The molecule has 0 aliphatic rings. The molecule has 0 saturated heterocycles. The van der Waals surface area contributed by atoms with Gasteiger partial charge in [-0.1, -0.05) is 5.21 Å². The van der Waals surface area contributed by atoms with E-state index in [0.717, 1.165) is 24.6 Å². The molecule has 0 aliphatic carbocycles. The second kappa shape index (κ2) is 4.69. The minimum atomic E-state index is 0.318. The molecule has 3 N–H and O–H groups in total. The van der Waals surface area contributed by atoms with E-state index in [1.165, 1.54) is 11.5 Å². The summed E-state index contributed by atoms with van der Waals surface area (Å²) < 4.78 is 5.65. The number of rotatable bonds is 5. The summed E-state index contributed by atoms with van der Waals surface area (Å²) in [7, 11) is 0. The van der Waals surface area contributed by atoms with Crippen molar-refractivity contribution in [3.63, 3.8) is 0 Å². The molecule has 2 aromatic heterocycles. The van der Waals surface area contributed by atoms with Crippen molar-refractivity contribution < 1.29 is 0 Å². The predicted octanol–water partition coefficient (Wildman–Crippen LogP) is 0.214. The van der Waals surface area contributed by atoms with Gasteiger partial charge < -0.3 is 11.1 Å². The van der Waals surface area contributed by atoms with Crippen LogP contribution in [0.1, 0.15) is 6.42 Å². The Kier molecular flexibility index (Phi) is 3.08. The molecule has 0 spiro atoms. The van der Waals surface area contributed by atoms with Crippen LogP contribution in [-0.4, -0.2) is 30.9 Å². The minimum Gasteiger partial charge on any atom is -0.367 e. The lowest BCUT2D eigenvalue weighted by atomic mass is 10.4. The maximum atomic E-state index is 5.39. The van der Waals surface area contributed by atoms with Crippen LogP contribution in [0.25, 0.3) is 0 Å². The molecule has 7 nitrogen and oxygen atoms in total. The van der Waals surface area contributed by atoms with Gasteiger partial charge in [0, 0.05) is 30.8 Å². The lowest BCUT2D eigenvalue weighted by Gasteiger charge is -2.01. The summed E-state index contributed by atoms with van der Waals surface area (Å²) in [5.74, 6) is 0.318. The highest BCUT2D eigenvalue weighted by Gasteiger charge is 1.98. The van der Waals surface area contributed by atoms with Crippen molar-refractivity contribution in [3.8, 4) is 0 Å². The smallest absolute Gasteiger partial charge is 0.233 e. The lowest BCUT2D eigenvalue weighted by Crippen LogP contribution is -2.07. The summed E-state index contributed by atoms with van der Waals surface area (Å²) in [6.07, 6.45) is 4.45. The third-order valence-electron chi connectivity index (χ3n) is 1.75. The Morgan fingerprint density at radius 1 is 1.53 bits per heavy atom. The zero-order valence-corrected chi connectivity index (χ0v) is 8.81. The SMILES string of the molecule is Nc1nsc(NCCCn2ccnn2)n1. The van der Waals surface area contributed by atoms with E-state index in [2.05, 4.69) is 25.0 Å². The number of hydrogen-bond donors (Lipinski definition) is 2. The van der Waals surface area contributed by atoms with Crippen LogP contribution in [0, 0.1) is 0 Å². The van der Waals surface area contributed by atoms with Crippen LogP contribution in [0.4, 0.5) is 11.1 Å². The molecule has 8 heteroatoms. The summed E-state index contributed by atoms with van der Waals surface area (Å²) in [6, 6.07) is 0.